The van der Waals surface area contributed by atoms with Gasteiger partial charge in [-0.3, -0.25) is 9.59 Å². The topological polar surface area (TPSA) is 43.4 Å². The van der Waals surface area contributed by atoms with Crippen LogP contribution in [0.1, 0.15) is 27.6 Å². The largest absolute Gasteiger partial charge is 0.573 e. The van der Waals surface area contributed by atoms with Crippen LogP contribution in [0.5, 0.6) is 5.75 Å². The van der Waals surface area contributed by atoms with Crippen LogP contribution >= 0.6 is 15.9 Å². The summed E-state index contributed by atoms with van der Waals surface area (Å²) in [5.41, 5.74) is -0.226. The van der Waals surface area contributed by atoms with Gasteiger partial charge < -0.3 is 4.74 Å². The van der Waals surface area contributed by atoms with E-state index in [2.05, 4.69) is 20.7 Å². The van der Waals surface area contributed by atoms with Crippen LogP contribution in [-0.2, 0) is 0 Å². The van der Waals surface area contributed by atoms with E-state index in [1.165, 1.54) is 6.92 Å². The van der Waals surface area contributed by atoms with Gasteiger partial charge in [0.2, 0.25) is 0 Å². The summed E-state index contributed by atoms with van der Waals surface area (Å²) in [6.07, 6.45) is -4.71. The van der Waals surface area contributed by atoms with Crippen molar-refractivity contribution in [2.24, 2.45) is 0 Å². The molecule has 0 unspecified atom stereocenters. The summed E-state index contributed by atoms with van der Waals surface area (Å²) in [4.78, 5) is 21.7. The van der Waals surface area contributed by atoms with Gasteiger partial charge in [-0.1, -0.05) is 0 Å². The molecule has 3 nitrogen and oxygen atoms in total. The molecule has 0 saturated carbocycles. The number of aldehydes is 1. The van der Waals surface area contributed by atoms with Gasteiger partial charge in [0.1, 0.15) is 0 Å². The second kappa shape index (κ2) is 4.87. The molecule has 1 rings (SSSR count). The summed E-state index contributed by atoms with van der Waals surface area (Å²) < 4.78 is 39.8. The molecular formula is C10H6BrF3O3. The van der Waals surface area contributed by atoms with Gasteiger partial charge in [-0.25, -0.2) is 0 Å². The number of alkyl halides is 3. The molecule has 0 aliphatic carbocycles. The van der Waals surface area contributed by atoms with E-state index in [1.807, 2.05) is 0 Å². The Morgan fingerprint density at radius 1 is 1.41 bits per heavy atom. The van der Waals surface area contributed by atoms with E-state index in [4.69, 9.17) is 0 Å². The fraction of sp³-hybridized carbons (Fsp3) is 0.200. The number of halogens is 4. The van der Waals surface area contributed by atoms with Gasteiger partial charge in [0, 0.05) is 5.56 Å². The van der Waals surface area contributed by atoms with Crippen molar-refractivity contribution < 1.29 is 27.5 Å². The lowest BCUT2D eigenvalue weighted by molar-refractivity contribution is -0.275. The Bertz CT molecular complexity index is 469. The van der Waals surface area contributed by atoms with Gasteiger partial charge in [0.15, 0.2) is 17.8 Å². The third-order valence-electron chi connectivity index (χ3n) is 1.82. The molecular weight excluding hydrogens is 305 g/mol. The van der Waals surface area contributed by atoms with Crippen molar-refractivity contribution in [1.82, 2.24) is 0 Å². The second-order valence-electron chi connectivity index (χ2n) is 3.10. The van der Waals surface area contributed by atoms with Crippen LogP contribution in [0.2, 0.25) is 0 Å². The lowest BCUT2D eigenvalue weighted by atomic mass is 10.1. The zero-order valence-corrected chi connectivity index (χ0v) is 10.1. The molecule has 0 fully saturated rings. The Morgan fingerprint density at radius 3 is 2.41 bits per heavy atom. The van der Waals surface area contributed by atoms with Crippen molar-refractivity contribution in [2.75, 3.05) is 0 Å². The van der Waals surface area contributed by atoms with Crippen molar-refractivity contribution in [3.05, 3.63) is 27.7 Å². The van der Waals surface area contributed by atoms with Crippen LogP contribution in [0.15, 0.2) is 16.6 Å². The van der Waals surface area contributed by atoms with Gasteiger partial charge in [-0.2, -0.15) is 0 Å². The highest BCUT2D eigenvalue weighted by atomic mass is 79.9. The van der Waals surface area contributed by atoms with E-state index in [0.29, 0.717) is 0 Å². The number of hydrogen-bond acceptors (Lipinski definition) is 3. The van der Waals surface area contributed by atoms with E-state index >= 15 is 0 Å². The van der Waals surface area contributed by atoms with E-state index in [-0.39, 0.29) is 27.7 Å². The van der Waals surface area contributed by atoms with Crippen molar-refractivity contribution in [1.29, 1.82) is 0 Å². The molecule has 1 aromatic rings. The molecule has 0 N–H and O–H groups in total. The summed E-state index contributed by atoms with van der Waals surface area (Å²) in [5, 5.41) is 0. The van der Waals surface area contributed by atoms with Crippen LogP contribution in [0, 0.1) is 0 Å². The quantitative estimate of drug-likeness (QED) is 0.635. The molecule has 0 spiro atoms. The number of ether oxygens (including phenoxy) is 1. The van der Waals surface area contributed by atoms with Crippen LogP contribution in [0.25, 0.3) is 0 Å². The van der Waals surface area contributed by atoms with Gasteiger partial charge in [-0.15, -0.1) is 13.2 Å². The average Bonchev–Trinajstić information content (AvgIpc) is 2.18. The highest BCUT2D eigenvalue weighted by molar-refractivity contribution is 9.10. The minimum absolute atomic E-state index is 0.107. The summed E-state index contributed by atoms with van der Waals surface area (Å²) in [6, 6.07) is 2.21. The molecule has 0 saturated heterocycles. The normalized spacial score (nSPS) is 11.1. The lowest BCUT2D eigenvalue weighted by Crippen LogP contribution is -2.18. The summed E-state index contributed by atoms with van der Waals surface area (Å²) in [7, 11) is 0. The molecule has 0 aromatic heterocycles. The van der Waals surface area contributed by atoms with E-state index in [0.717, 1.165) is 12.1 Å². The number of carbonyl (C=O) groups is 2. The molecule has 0 aliphatic heterocycles. The number of carbonyl (C=O) groups excluding carboxylic acids is 2. The molecule has 0 bridgehead atoms. The van der Waals surface area contributed by atoms with Crippen LogP contribution in [-0.4, -0.2) is 18.4 Å². The van der Waals surface area contributed by atoms with Gasteiger partial charge in [0.05, 0.1) is 10.0 Å². The van der Waals surface area contributed by atoms with Gasteiger partial charge >= 0.3 is 6.36 Å². The maximum Gasteiger partial charge on any atom is 0.573 e. The molecule has 0 amide bonds. The summed E-state index contributed by atoms with van der Waals surface area (Å²) >= 11 is 2.82. The number of Topliss-reactive ketones (excluding diaryl/α,β-unsaturated/α-hetero) is 1. The van der Waals surface area contributed by atoms with Crippen molar-refractivity contribution >= 4 is 28.0 Å². The van der Waals surface area contributed by atoms with E-state index in [9.17, 15) is 22.8 Å². The monoisotopic (exact) mass is 310 g/mol. The van der Waals surface area contributed by atoms with Crippen molar-refractivity contribution in [3.63, 3.8) is 0 Å². The van der Waals surface area contributed by atoms with E-state index in [1.54, 1.807) is 0 Å². The third kappa shape index (κ3) is 3.55. The van der Waals surface area contributed by atoms with E-state index < -0.39 is 12.1 Å². The first-order chi connectivity index (χ1) is 7.74. The Labute approximate surface area is 103 Å². The molecule has 0 heterocycles. The first-order valence-corrected chi connectivity index (χ1v) is 5.09. The molecule has 0 radical (unpaired) electrons. The number of hydrogen-bond donors (Lipinski definition) is 0. The zero-order chi connectivity index (χ0) is 13.2. The molecule has 7 heteroatoms. The molecule has 1 aromatic carbocycles. The first kappa shape index (κ1) is 13.7. The molecule has 0 aliphatic rings. The Balaban J connectivity index is 3.31. The third-order valence-corrected chi connectivity index (χ3v) is 2.41. The van der Waals surface area contributed by atoms with Crippen LogP contribution in [0.3, 0.4) is 0 Å². The molecule has 0 atom stereocenters. The van der Waals surface area contributed by atoms with Crippen LogP contribution in [0.4, 0.5) is 13.2 Å². The average molecular weight is 311 g/mol. The molecule has 17 heavy (non-hydrogen) atoms. The first-order valence-electron chi connectivity index (χ1n) is 4.30. The lowest BCUT2D eigenvalue weighted by Gasteiger charge is -2.13. The number of benzene rings is 1. The number of rotatable bonds is 3. The Kier molecular flexibility index (Phi) is 3.92. The second-order valence-corrected chi connectivity index (χ2v) is 3.95. The predicted molar refractivity (Wildman–Crippen MR) is 56.2 cm³/mol. The molecule has 92 valence electrons. The maximum atomic E-state index is 12.1. The van der Waals surface area contributed by atoms with Gasteiger partial charge in [0.25, 0.3) is 0 Å². The highest BCUT2D eigenvalue weighted by Gasteiger charge is 2.33. The smallest absolute Gasteiger partial charge is 0.404 e. The summed E-state index contributed by atoms with van der Waals surface area (Å²) in [5.74, 6) is -1.02. The Morgan fingerprint density at radius 2 is 2.00 bits per heavy atom. The van der Waals surface area contributed by atoms with Crippen LogP contribution < -0.4 is 4.74 Å². The fourth-order valence-electron chi connectivity index (χ4n) is 1.13. The van der Waals surface area contributed by atoms with Gasteiger partial charge in [-0.05, 0) is 35.0 Å². The van der Waals surface area contributed by atoms with Crippen molar-refractivity contribution in [2.45, 2.75) is 13.3 Å². The summed E-state index contributed by atoms with van der Waals surface area (Å²) in [6.45, 7) is 1.24. The highest BCUT2D eigenvalue weighted by Crippen LogP contribution is 2.34. The minimum Gasteiger partial charge on any atom is -0.404 e. The zero-order valence-electron chi connectivity index (χ0n) is 8.47. The number of ketones is 1. The standard InChI is InChI=1S/C10H6BrF3O3/c1-5(16)6-2-7(4-15)9(8(11)3-6)17-10(12,13)14/h2-4H,1H3. The SMILES string of the molecule is CC(=O)c1cc(Br)c(OC(F)(F)F)c(C=O)c1. The van der Waals surface area contributed by atoms with Crippen molar-refractivity contribution in [3.8, 4) is 5.75 Å². The maximum absolute atomic E-state index is 12.1. The Hall–Kier alpha value is -1.37. The minimum atomic E-state index is -4.90. The predicted octanol–water partition coefficient (Wildman–Crippen LogP) is 3.36. The fourth-order valence-corrected chi connectivity index (χ4v) is 1.69.